The summed E-state index contributed by atoms with van der Waals surface area (Å²) in [7, 11) is 0. The second-order valence-corrected chi connectivity index (χ2v) is 9.39. The molecule has 2 aliphatic rings. The van der Waals surface area contributed by atoms with E-state index in [4.69, 9.17) is 0 Å². The first-order chi connectivity index (χ1) is 12.9. The van der Waals surface area contributed by atoms with Gasteiger partial charge < -0.3 is 14.8 Å². The fourth-order valence-electron chi connectivity index (χ4n) is 4.59. The van der Waals surface area contributed by atoms with E-state index < -0.39 is 5.54 Å². The molecule has 4 rings (SSSR count). The number of carbonyl (C=O) groups excluding carboxylic acids is 2. The number of nitrogens with zero attached hydrogens (tertiary/aromatic N) is 2. The van der Waals surface area contributed by atoms with E-state index in [1.807, 2.05) is 29.0 Å². The van der Waals surface area contributed by atoms with Crippen LogP contribution in [0.5, 0.6) is 0 Å². The van der Waals surface area contributed by atoms with Crippen molar-refractivity contribution in [2.24, 2.45) is 5.92 Å². The maximum atomic E-state index is 13.4. The Kier molecular flexibility index (Phi) is 4.78. The van der Waals surface area contributed by atoms with Gasteiger partial charge in [0.1, 0.15) is 11.2 Å². The van der Waals surface area contributed by atoms with Crippen molar-refractivity contribution in [2.75, 3.05) is 6.54 Å². The predicted octanol–water partition coefficient (Wildman–Crippen LogP) is 4.02. The molecule has 2 aromatic rings. The highest BCUT2D eigenvalue weighted by molar-refractivity contribution is 7.17. The molecule has 0 spiro atoms. The Morgan fingerprint density at radius 3 is 2.78 bits per heavy atom. The number of nitrogens with one attached hydrogen (secondary N) is 1. The van der Waals surface area contributed by atoms with Crippen LogP contribution >= 0.6 is 11.3 Å². The highest BCUT2D eigenvalue weighted by Crippen LogP contribution is 2.35. The summed E-state index contributed by atoms with van der Waals surface area (Å²) in [6.45, 7) is 7.39. The Bertz CT molecular complexity index is 862. The third-order valence-corrected chi connectivity index (χ3v) is 7.19. The smallest absolute Gasteiger partial charge is 0.271 e. The normalized spacial score (nSPS) is 28.4. The molecule has 6 heteroatoms. The molecule has 0 aromatic carbocycles. The van der Waals surface area contributed by atoms with Crippen LogP contribution in [0.2, 0.25) is 0 Å². The molecule has 1 aliphatic carbocycles. The fourth-order valence-corrected chi connectivity index (χ4v) is 5.41. The minimum absolute atomic E-state index is 0.00779. The van der Waals surface area contributed by atoms with Crippen molar-refractivity contribution in [3.63, 3.8) is 0 Å². The summed E-state index contributed by atoms with van der Waals surface area (Å²) in [5, 5.41) is 5.32. The molecule has 1 saturated carbocycles. The molecule has 0 bridgehead atoms. The first-order valence-corrected chi connectivity index (χ1v) is 11.0. The lowest BCUT2D eigenvalue weighted by Gasteiger charge is -2.45. The van der Waals surface area contributed by atoms with E-state index in [-0.39, 0.29) is 17.9 Å². The first kappa shape index (κ1) is 18.5. The van der Waals surface area contributed by atoms with Gasteiger partial charge >= 0.3 is 0 Å². The second-order valence-electron chi connectivity index (χ2n) is 8.45. The monoisotopic (exact) mass is 387 g/mol. The number of aromatic nitrogens is 1. The van der Waals surface area contributed by atoms with Crippen molar-refractivity contribution in [1.82, 2.24) is 14.8 Å². The van der Waals surface area contributed by atoms with E-state index in [0.29, 0.717) is 18.8 Å². The molecule has 1 aliphatic heterocycles. The van der Waals surface area contributed by atoms with Crippen LogP contribution in [-0.4, -0.2) is 39.4 Å². The molecule has 27 heavy (non-hydrogen) atoms. The highest BCUT2D eigenvalue weighted by atomic mass is 32.1. The number of carbonyl (C=O) groups is 2. The van der Waals surface area contributed by atoms with Crippen LogP contribution in [0.3, 0.4) is 0 Å². The molecule has 146 valence electrons. The van der Waals surface area contributed by atoms with Crippen LogP contribution in [0.15, 0.2) is 17.5 Å². The van der Waals surface area contributed by atoms with Crippen molar-refractivity contribution in [3.05, 3.63) is 23.2 Å². The summed E-state index contributed by atoms with van der Waals surface area (Å²) in [4.78, 5) is 28.4. The summed E-state index contributed by atoms with van der Waals surface area (Å²) in [6.07, 6.45) is 5.24. The molecule has 2 amide bonds. The third-order valence-electron chi connectivity index (χ3n) is 6.34. The summed E-state index contributed by atoms with van der Waals surface area (Å²) in [5.74, 6) is 0.712. The zero-order valence-corrected chi connectivity index (χ0v) is 17.3. The van der Waals surface area contributed by atoms with E-state index >= 15 is 0 Å². The Morgan fingerprint density at radius 2 is 2.07 bits per heavy atom. The molecule has 1 N–H and O–H groups in total. The van der Waals surface area contributed by atoms with Crippen LogP contribution in [0.4, 0.5) is 0 Å². The van der Waals surface area contributed by atoms with Gasteiger partial charge in [0.2, 0.25) is 5.91 Å². The number of rotatable bonds is 4. The van der Waals surface area contributed by atoms with Gasteiger partial charge in [-0.15, -0.1) is 11.3 Å². The Balaban J connectivity index is 1.65. The maximum absolute atomic E-state index is 13.4. The highest BCUT2D eigenvalue weighted by Gasteiger charge is 2.47. The Morgan fingerprint density at radius 1 is 1.33 bits per heavy atom. The minimum Gasteiger partial charge on any atom is -0.351 e. The zero-order valence-electron chi connectivity index (χ0n) is 16.5. The molecule has 1 atom stereocenters. The van der Waals surface area contributed by atoms with Gasteiger partial charge in [-0.2, -0.15) is 0 Å². The van der Waals surface area contributed by atoms with Crippen LogP contribution in [0.25, 0.3) is 10.2 Å². The summed E-state index contributed by atoms with van der Waals surface area (Å²) in [5.41, 5.74) is 0.920. The zero-order chi connectivity index (χ0) is 19.2. The summed E-state index contributed by atoms with van der Waals surface area (Å²) in [6, 6.07) is 4.26. The van der Waals surface area contributed by atoms with Gasteiger partial charge in [0.25, 0.3) is 5.91 Å². The van der Waals surface area contributed by atoms with E-state index in [9.17, 15) is 9.59 Å². The maximum Gasteiger partial charge on any atom is 0.271 e. The molecule has 0 unspecified atom stereocenters. The Hall–Kier alpha value is -1.82. The lowest BCUT2D eigenvalue weighted by atomic mass is 9.86. The summed E-state index contributed by atoms with van der Waals surface area (Å²) < 4.78 is 3.16. The topological polar surface area (TPSA) is 54.3 Å². The third kappa shape index (κ3) is 3.08. The number of thiophene rings is 1. The SMILES string of the molecule is CCCN1C(=O)c2cc3sccc3n2C[C@@]1(C)C(=O)NC1CCC(C)CC1. The average molecular weight is 388 g/mol. The van der Waals surface area contributed by atoms with Gasteiger partial charge in [-0.3, -0.25) is 9.59 Å². The average Bonchev–Trinajstić information content (AvgIpc) is 3.23. The van der Waals surface area contributed by atoms with E-state index in [1.165, 1.54) is 0 Å². The Labute approximate surface area is 164 Å². The van der Waals surface area contributed by atoms with Crippen molar-refractivity contribution in [1.29, 1.82) is 0 Å². The van der Waals surface area contributed by atoms with Gasteiger partial charge in [-0.25, -0.2) is 0 Å². The molecule has 0 saturated heterocycles. The largest absolute Gasteiger partial charge is 0.351 e. The molecular formula is C21H29N3O2S. The molecular weight excluding hydrogens is 358 g/mol. The van der Waals surface area contributed by atoms with Crippen LogP contribution < -0.4 is 5.32 Å². The molecule has 1 fully saturated rings. The number of fused-ring (bicyclic) bond motifs is 3. The molecule has 0 radical (unpaired) electrons. The van der Waals surface area contributed by atoms with Crippen molar-refractivity contribution >= 4 is 33.4 Å². The minimum atomic E-state index is -0.850. The van der Waals surface area contributed by atoms with Gasteiger partial charge in [-0.1, -0.05) is 13.8 Å². The molecule has 5 nitrogen and oxygen atoms in total. The second kappa shape index (κ2) is 6.97. The van der Waals surface area contributed by atoms with Crippen molar-refractivity contribution < 1.29 is 9.59 Å². The molecule has 2 aromatic heterocycles. The lowest BCUT2D eigenvalue weighted by molar-refractivity contribution is -0.133. The van der Waals surface area contributed by atoms with E-state index in [0.717, 1.165) is 48.2 Å². The van der Waals surface area contributed by atoms with Crippen LogP contribution in [-0.2, 0) is 11.3 Å². The summed E-state index contributed by atoms with van der Waals surface area (Å²) >= 11 is 1.64. The van der Waals surface area contributed by atoms with Crippen LogP contribution in [0, 0.1) is 5.92 Å². The number of amides is 2. The number of hydrogen-bond acceptors (Lipinski definition) is 3. The van der Waals surface area contributed by atoms with Gasteiger partial charge in [0.15, 0.2) is 0 Å². The van der Waals surface area contributed by atoms with Gasteiger partial charge in [-0.05, 0) is 62.5 Å². The van der Waals surface area contributed by atoms with Gasteiger partial charge in [0.05, 0.1) is 16.8 Å². The lowest BCUT2D eigenvalue weighted by Crippen LogP contribution is -2.65. The van der Waals surface area contributed by atoms with Crippen molar-refractivity contribution in [3.8, 4) is 0 Å². The number of hydrogen-bond donors (Lipinski definition) is 1. The van der Waals surface area contributed by atoms with Crippen molar-refractivity contribution in [2.45, 2.75) is 71.0 Å². The van der Waals surface area contributed by atoms with Gasteiger partial charge in [0, 0.05) is 12.6 Å². The predicted molar refractivity (Wildman–Crippen MR) is 109 cm³/mol. The standard InChI is InChI=1S/C21H29N3O2S/c1-4-10-24-19(25)17-12-18-16(9-11-27-18)23(17)13-21(24,3)20(26)22-15-7-5-14(2)6-8-15/h9,11-12,14-15H,4-8,10,13H2,1-3H3,(H,22,26)/t14?,15?,21-/m0/s1. The van der Waals surface area contributed by atoms with Crippen LogP contribution in [0.1, 0.15) is 63.4 Å². The quantitative estimate of drug-likeness (QED) is 0.861. The van der Waals surface area contributed by atoms with E-state index in [1.54, 1.807) is 16.2 Å². The van der Waals surface area contributed by atoms with E-state index in [2.05, 4.69) is 19.2 Å². The molecule has 3 heterocycles. The first-order valence-electron chi connectivity index (χ1n) is 10.1. The fraction of sp³-hybridized carbons (Fsp3) is 0.619.